The van der Waals surface area contributed by atoms with Gasteiger partial charge in [0.1, 0.15) is 11.6 Å². The number of carbonyl (C=O) groups is 3. The average molecular weight is 473 g/mol. The number of hydrogen-bond donors (Lipinski definition) is 2. The second kappa shape index (κ2) is 10.6. The van der Waals surface area contributed by atoms with Crippen LogP contribution in [0.4, 0.5) is 0 Å². The highest BCUT2D eigenvalue weighted by atomic mass is 16.4. The molecule has 0 bridgehead atoms. The Balaban J connectivity index is 1.90. The van der Waals surface area contributed by atoms with E-state index in [0.717, 1.165) is 27.8 Å². The van der Waals surface area contributed by atoms with Gasteiger partial charge in [-0.3, -0.25) is 9.59 Å². The maximum atomic E-state index is 13.4. The molecule has 0 saturated heterocycles. The predicted molar refractivity (Wildman–Crippen MR) is 137 cm³/mol. The molecule has 1 unspecified atom stereocenters. The van der Waals surface area contributed by atoms with Crippen molar-refractivity contribution in [2.45, 2.75) is 45.7 Å². The smallest absolute Gasteiger partial charge is 0.328 e. The molecule has 0 aliphatic heterocycles. The lowest BCUT2D eigenvalue weighted by Crippen LogP contribution is -2.57. The molecule has 0 saturated carbocycles. The number of nitrogens with one attached hydrogen (secondary N) is 1. The molecule has 3 rings (SSSR count). The van der Waals surface area contributed by atoms with Gasteiger partial charge >= 0.3 is 5.97 Å². The van der Waals surface area contributed by atoms with E-state index in [4.69, 9.17) is 0 Å². The molecule has 6 heteroatoms. The van der Waals surface area contributed by atoms with E-state index in [9.17, 15) is 19.5 Å². The van der Waals surface area contributed by atoms with Crippen LogP contribution in [0, 0.1) is 13.8 Å². The summed E-state index contributed by atoms with van der Waals surface area (Å²) in [7, 11) is 1.58. The van der Waals surface area contributed by atoms with Crippen molar-refractivity contribution in [3.8, 4) is 11.1 Å². The first-order valence-corrected chi connectivity index (χ1v) is 11.5. The molecular formula is C29H32N2O4. The molecule has 0 aliphatic rings. The van der Waals surface area contributed by atoms with Crippen LogP contribution in [0.2, 0.25) is 0 Å². The minimum atomic E-state index is -1.48. The first-order chi connectivity index (χ1) is 16.5. The van der Waals surface area contributed by atoms with Crippen molar-refractivity contribution in [2.24, 2.45) is 0 Å². The minimum Gasteiger partial charge on any atom is -0.480 e. The first-order valence-electron chi connectivity index (χ1n) is 11.5. The van der Waals surface area contributed by atoms with Crippen molar-refractivity contribution in [1.29, 1.82) is 0 Å². The van der Waals surface area contributed by atoms with Gasteiger partial charge < -0.3 is 15.3 Å². The number of amides is 2. The zero-order chi connectivity index (χ0) is 25.8. The van der Waals surface area contributed by atoms with Gasteiger partial charge in [-0.25, -0.2) is 4.79 Å². The van der Waals surface area contributed by atoms with Crippen LogP contribution in [0.1, 0.15) is 40.9 Å². The SMILES string of the molecule is Cc1cc(C)cc(C(=O)N(C)C(Cc2ccc(-c3ccccc3)cc2)C(=O)NC(C)(C)C(=O)O)c1. The molecule has 2 N–H and O–H groups in total. The van der Waals surface area contributed by atoms with E-state index in [2.05, 4.69) is 5.32 Å². The highest BCUT2D eigenvalue weighted by Gasteiger charge is 2.35. The van der Waals surface area contributed by atoms with Gasteiger partial charge in [0.15, 0.2) is 0 Å². The number of hydrogen-bond acceptors (Lipinski definition) is 3. The quantitative estimate of drug-likeness (QED) is 0.500. The molecule has 182 valence electrons. The molecule has 0 fully saturated rings. The normalized spacial score (nSPS) is 12.0. The Bertz CT molecular complexity index is 1200. The molecule has 0 spiro atoms. The van der Waals surface area contributed by atoms with Gasteiger partial charge in [-0.05, 0) is 56.5 Å². The molecule has 0 heterocycles. The van der Waals surface area contributed by atoms with E-state index in [1.54, 1.807) is 19.2 Å². The van der Waals surface area contributed by atoms with Crippen LogP contribution in [-0.2, 0) is 16.0 Å². The molecule has 0 radical (unpaired) electrons. The Morgan fingerprint density at radius 2 is 1.43 bits per heavy atom. The third-order valence-electron chi connectivity index (χ3n) is 6.02. The number of carboxylic acid groups (broad SMARTS) is 1. The maximum Gasteiger partial charge on any atom is 0.328 e. The van der Waals surface area contributed by atoms with Gasteiger partial charge in [-0.15, -0.1) is 0 Å². The van der Waals surface area contributed by atoms with E-state index in [-0.39, 0.29) is 12.3 Å². The molecule has 3 aromatic rings. The Morgan fingerprint density at radius 3 is 1.97 bits per heavy atom. The number of aryl methyl sites for hydroxylation is 2. The number of carboxylic acids is 1. The van der Waals surface area contributed by atoms with Crippen molar-refractivity contribution < 1.29 is 19.5 Å². The van der Waals surface area contributed by atoms with Crippen molar-refractivity contribution in [2.75, 3.05) is 7.05 Å². The van der Waals surface area contributed by atoms with E-state index >= 15 is 0 Å². The van der Waals surface area contributed by atoms with E-state index in [1.807, 2.05) is 74.5 Å². The third kappa shape index (κ3) is 6.35. The zero-order valence-electron chi connectivity index (χ0n) is 20.8. The molecule has 35 heavy (non-hydrogen) atoms. The molecule has 0 aromatic heterocycles. The monoisotopic (exact) mass is 472 g/mol. The Kier molecular flexibility index (Phi) is 7.75. The number of rotatable bonds is 8. The standard InChI is InChI=1S/C29H32N2O4/c1-19-15-20(2)17-24(16-19)27(33)31(5)25(26(32)30-29(3,4)28(34)35)18-21-11-13-23(14-12-21)22-9-7-6-8-10-22/h6-17,25H,18H2,1-5H3,(H,30,32)(H,34,35). The third-order valence-corrected chi connectivity index (χ3v) is 6.02. The Labute approximate surface area is 206 Å². The topological polar surface area (TPSA) is 86.7 Å². The van der Waals surface area contributed by atoms with Crippen LogP contribution < -0.4 is 5.32 Å². The summed E-state index contributed by atoms with van der Waals surface area (Å²) in [5.74, 6) is -1.98. The van der Waals surface area contributed by atoms with Gasteiger partial charge in [0.25, 0.3) is 5.91 Å². The summed E-state index contributed by atoms with van der Waals surface area (Å²) in [4.78, 5) is 39.7. The van der Waals surface area contributed by atoms with E-state index in [0.29, 0.717) is 5.56 Å². The number of carbonyl (C=O) groups excluding carboxylic acids is 2. The van der Waals surface area contributed by atoms with Crippen molar-refractivity contribution in [1.82, 2.24) is 10.2 Å². The summed E-state index contributed by atoms with van der Waals surface area (Å²) in [5.41, 5.74) is 3.90. The van der Waals surface area contributed by atoms with Gasteiger partial charge in [0, 0.05) is 19.0 Å². The molecule has 6 nitrogen and oxygen atoms in total. The van der Waals surface area contributed by atoms with Crippen LogP contribution in [0.15, 0.2) is 72.8 Å². The van der Waals surface area contributed by atoms with Crippen LogP contribution in [-0.4, -0.2) is 46.4 Å². The highest BCUT2D eigenvalue weighted by molar-refractivity contribution is 5.98. The summed E-state index contributed by atoms with van der Waals surface area (Å²) in [6, 6.07) is 22.4. The molecular weight excluding hydrogens is 440 g/mol. The molecule has 0 aliphatic carbocycles. The van der Waals surface area contributed by atoms with Crippen molar-refractivity contribution in [3.63, 3.8) is 0 Å². The number of benzene rings is 3. The van der Waals surface area contributed by atoms with Crippen LogP contribution in [0.3, 0.4) is 0 Å². The first kappa shape index (κ1) is 25.7. The highest BCUT2D eigenvalue weighted by Crippen LogP contribution is 2.21. The maximum absolute atomic E-state index is 13.4. The lowest BCUT2D eigenvalue weighted by atomic mass is 9.98. The summed E-state index contributed by atoms with van der Waals surface area (Å²) >= 11 is 0. The summed E-state index contributed by atoms with van der Waals surface area (Å²) in [6.07, 6.45) is 0.240. The lowest BCUT2D eigenvalue weighted by molar-refractivity contribution is -0.146. The summed E-state index contributed by atoms with van der Waals surface area (Å²) in [6.45, 7) is 6.67. The van der Waals surface area contributed by atoms with Gasteiger partial charge in [0.05, 0.1) is 0 Å². The number of nitrogens with zero attached hydrogens (tertiary/aromatic N) is 1. The van der Waals surface area contributed by atoms with Crippen molar-refractivity contribution in [3.05, 3.63) is 95.1 Å². The van der Waals surface area contributed by atoms with Crippen LogP contribution in [0.25, 0.3) is 11.1 Å². The Hall–Kier alpha value is -3.93. The van der Waals surface area contributed by atoms with Crippen LogP contribution >= 0.6 is 0 Å². The molecule has 1 atom stereocenters. The average Bonchev–Trinajstić information content (AvgIpc) is 2.81. The van der Waals surface area contributed by atoms with Gasteiger partial charge in [-0.2, -0.15) is 0 Å². The fraction of sp³-hybridized carbons (Fsp3) is 0.276. The van der Waals surface area contributed by atoms with E-state index < -0.39 is 23.5 Å². The predicted octanol–water partition coefficient (Wildman–Crippen LogP) is 4.63. The lowest BCUT2D eigenvalue weighted by Gasteiger charge is -2.31. The van der Waals surface area contributed by atoms with Gasteiger partial charge in [-0.1, -0.05) is 71.8 Å². The second-order valence-electron chi connectivity index (χ2n) is 9.49. The van der Waals surface area contributed by atoms with Crippen LogP contribution in [0.5, 0.6) is 0 Å². The number of aliphatic carboxylic acids is 1. The van der Waals surface area contributed by atoms with Crippen molar-refractivity contribution >= 4 is 17.8 Å². The fourth-order valence-electron chi connectivity index (χ4n) is 3.98. The molecule has 3 aromatic carbocycles. The number of likely N-dealkylation sites (N-methyl/N-ethyl adjacent to an activating group) is 1. The summed E-state index contributed by atoms with van der Waals surface area (Å²) < 4.78 is 0. The second-order valence-corrected chi connectivity index (χ2v) is 9.49. The largest absolute Gasteiger partial charge is 0.480 e. The Morgan fingerprint density at radius 1 is 0.886 bits per heavy atom. The molecule has 2 amide bonds. The fourth-order valence-corrected chi connectivity index (χ4v) is 3.98. The summed E-state index contributed by atoms with van der Waals surface area (Å²) in [5, 5.41) is 12.1. The minimum absolute atomic E-state index is 0.240. The zero-order valence-corrected chi connectivity index (χ0v) is 20.8. The van der Waals surface area contributed by atoms with Gasteiger partial charge in [0.2, 0.25) is 5.91 Å². The van der Waals surface area contributed by atoms with E-state index in [1.165, 1.54) is 18.7 Å².